The van der Waals surface area contributed by atoms with Gasteiger partial charge in [0, 0.05) is 24.1 Å². The highest BCUT2D eigenvalue weighted by Crippen LogP contribution is 2.48. The Morgan fingerprint density at radius 1 is 0.977 bits per heavy atom. The van der Waals surface area contributed by atoms with E-state index in [9.17, 15) is 27.9 Å². The van der Waals surface area contributed by atoms with Gasteiger partial charge in [0.2, 0.25) is 0 Å². The van der Waals surface area contributed by atoms with Gasteiger partial charge in [-0.05, 0) is 48.2 Å². The van der Waals surface area contributed by atoms with E-state index in [1.165, 1.54) is 18.1 Å². The highest BCUT2D eigenvalue weighted by atomic mass is 19.4. The van der Waals surface area contributed by atoms with Crippen molar-refractivity contribution in [3.63, 3.8) is 0 Å². The molecule has 1 fully saturated rings. The van der Waals surface area contributed by atoms with Crippen molar-refractivity contribution < 1.29 is 37.3 Å². The van der Waals surface area contributed by atoms with Crippen molar-refractivity contribution in [2.45, 2.75) is 64.6 Å². The summed E-state index contributed by atoms with van der Waals surface area (Å²) < 4.78 is 52.0. The lowest BCUT2D eigenvalue weighted by atomic mass is 9.72. The number of alkyl halides is 3. The molecule has 0 bridgehead atoms. The summed E-state index contributed by atoms with van der Waals surface area (Å²) in [5.41, 5.74) is -0.511. The van der Waals surface area contributed by atoms with Crippen LogP contribution < -0.4 is 14.8 Å². The number of nitrogens with zero attached hydrogens (tertiary/aromatic N) is 1. The minimum atomic E-state index is -4.55. The lowest BCUT2D eigenvalue weighted by Gasteiger charge is -2.35. The molecule has 1 heterocycles. The molecule has 0 aromatic heterocycles. The molecule has 7 nitrogen and oxygen atoms in total. The van der Waals surface area contributed by atoms with Crippen LogP contribution in [0.5, 0.6) is 11.5 Å². The fourth-order valence-electron chi connectivity index (χ4n) is 6.01. The highest BCUT2D eigenvalue weighted by Gasteiger charge is 2.58. The summed E-state index contributed by atoms with van der Waals surface area (Å²) in [5, 5.41) is 14.0. The molecule has 0 radical (unpaired) electrons. The smallest absolute Gasteiger partial charge is 0.416 e. The van der Waals surface area contributed by atoms with E-state index in [2.05, 4.69) is 5.32 Å². The van der Waals surface area contributed by atoms with Gasteiger partial charge in [-0.25, -0.2) is 4.79 Å². The first-order valence-corrected chi connectivity index (χ1v) is 14.0. The monoisotopic (exact) mass is 598 g/mol. The van der Waals surface area contributed by atoms with Gasteiger partial charge in [-0.3, -0.25) is 4.79 Å². The molecule has 10 heteroatoms. The number of methoxy groups -OCH3 is 1. The summed E-state index contributed by atoms with van der Waals surface area (Å²) in [6.45, 7) is 7.21. The van der Waals surface area contributed by atoms with Gasteiger partial charge in [0.15, 0.2) is 6.10 Å². The maximum Gasteiger partial charge on any atom is 0.416 e. The molecule has 43 heavy (non-hydrogen) atoms. The second-order valence-corrected chi connectivity index (χ2v) is 11.8. The first-order chi connectivity index (χ1) is 20.2. The number of benzene rings is 3. The standard InChI is InChI=1S/C33H37F3N2O5/c1-20(43-24-14-10-7-11-15-24)30(39)38-28(21-12-8-6-9-13-21)27(26(32(2,3)4)29(38)31(40)41)37-19-22-18-23(33(34,35)36)16-17-25(22)42-5/h6-18,20,26-29,37H,19H2,1-5H3,(H,40,41)/t20-,26+,27+,28+,29+/m0/s1. The molecule has 1 aliphatic rings. The van der Waals surface area contributed by atoms with Crippen LogP contribution in [-0.4, -0.2) is 47.2 Å². The van der Waals surface area contributed by atoms with Gasteiger partial charge in [-0.15, -0.1) is 0 Å². The lowest BCUT2D eigenvalue weighted by Crippen LogP contribution is -2.50. The van der Waals surface area contributed by atoms with Crippen molar-refractivity contribution in [3.05, 3.63) is 95.6 Å². The number of likely N-dealkylation sites (tertiary alicyclic amines) is 1. The molecule has 230 valence electrons. The molecule has 1 amide bonds. The molecule has 0 spiro atoms. The number of aliphatic carboxylic acids is 1. The number of carboxylic acid groups (broad SMARTS) is 1. The zero-order chi connectivity index (χ0) is 31.5. The number of ether oxygens (including phenoxy) is 2. The Hall–Kier alpha value is -4.05. The van der Waals surface area contributed by atoms with Gasteiger partial charge in [0.25, 0.3) is 5.91 Å². The fraction of sp³-hybridized carbons (Fsp3) is 0.394. The number of carboxylic acids is 1. The third-order valence-corrected chi connectivity index (χ3v) is 7.85. The Morgan fingerprint density at radius 3 is 2.12 bits per heavy atom. The van der Waals surface area contributed by atoms with E-state index >= 15 is 0 Å². The zero-order valence-electron chi connectivity index (χ0n) is 24.8. The van der Waals surface area contributed by atoms with Crippen LogP contribution in [0.4, 0.5) is 13.2 Å². The number of rotatable bonds is 9. The van der Waals surface area contributed by atoms with Crippen LogP contribution >= 0.6 is 0 Å². The van der Waals surface area contributed by atoms with Crippen molar-refractivity contribution >= 4 is 11.9 Å². The van der Waals surface area contributed by atoms with Crippen molar-refractivity contribution in [2.24, 2.45) is 11.3 Å². The number of nitrogens with one attached hydrogen (secondary N) is 1. The summed E-state index contributed by atoms with van der Waals surface area (Å²) in [7, 11) is 1.38. The second-order valence-electron chi connectivity index (χ2n) is 11.8. The van der Waals surface area contributed by atoms with E-state index in [1.54, 1.807) is 43.3 Å². The summed E-state index contributed by atoms with van der Waals surface area (Å²) in [6, 6.07) is 18.4. The Bertz CT molecular complexity index is 1410. The number of hydrogen-bond acceptors (Lipinski definition) is 5. The molecular weight excluding hydrogens is 561 g/mol. The number of hydrogen-bond donors (Lipinski definition) is 2. The summed E-state index contributed by atoms with van der Waals surface area (Å²) in [6.07, 6.45) is -5.57. The Kier molecular flexibility index (Phi) is 9.39. The second kappa shape index (κ2) is 12.7. The van der Waals surface area contributed by atoms with Gasteiger partial charge in [-0.2, -0.15) is 13.2 Å². The third-order valence-electron chi connectivity index (χ3n) is 7.85. The van der Waals surface area contributed by atoms with E-state index in [4.69, 9.17) is 9.47 Å². The topological polar surface area (TPSA) is 88.1 Å². The lowest BCUT2D eigenvalue weighted by molar-refractivity contribution is -0.155. The van der Waals surface area contributed by atoms with Crippen LogP contribution in [0.2, 0.25) is 0 Å². The van der Waals surface area contributed by atoms with Crippen LogP contribution in [0.1, 0.15) is 50.4 Å². The molecule has 3 aromatic carbocycles. The largest absolute Gasteiger partial charge is 0.496 e. The molecule has 5 atom stereocenters. The minimum absolute atomic E-state index is 0.0574. The number of carbonyl (C=O) groups is 2. The molecule has 2 N–H and O–H groups in total. The van der Waals surface area contributed by atoms with Crippen LogP contribution in [0.15, 0.2) is 78.9 Å². The minimum Gasteiger partial charge on any atom is -0.496 e. The van der Waals surface area contributed by atoms with Gasteiger partial charge in [0.1, 0.15) is 17.5 Å². The first-order valence-electron chi connectivity index (χ1n) is 14.0. The molecule has 1 aliphatic heterocycles. The normalized spacial score (nSPS) is 21.3. The average molecular weight is 599 g/mol. The van der Waals surface area contributed by atoms with E-state index in [0.717, 1.165) is 12.1 Å². The Morgan fingerprint density at radius 2 is 1.58 bits per heavy atom. The molecule has 1 saturated heterocycles. The van der Waals surface area contributed by atoms with Crippen molar-refractivity contribution in [1.82, 2.24) is 10.2 Å². The van der Waals surface area contributed by atoms with E-state index in [1.807, 2.05) is 45.0 Å². The number of halogens is 3. The van der Waals surface area contributed by atoms with E-state index < -0.39 is 59.2 Å². The quantitative estimate of drug-likeness (QED) is 0.299. The van der Waals surface area contributed by atoms with Crippen LogP contribution in [0.3, 0.4) is 0 Å². The van der Waals surface area contributed by atoms with E-state index in [0.29, 0.717) is 11.3 Å². The predicted octanol–water partition coefficient (Wildman–Crippen LogP) is 6.34. The molecular formula is C33H37F3N2O5. The zero-order valence-corrected chi connectivity index (χ0v) is 24.8. The average Bonchev–Trinajstić information content (AvgIpc) is 3.32. The van der Waals surface area contributed by atoms with Crippen LogP contribution in [-0.2, 0) is 22.3 Å². The Balaban J connectivity index is 1.80. The molecule has 4 rings (SSSR count). The highest BCUT2D eigenvalue weighted by molar-refractivity contribution is 5.88. The van der Waals surface area contributed by atoms with Crippen LogP contribution in [0, 0.1) is 11.3 Å². The first kappa shape index (κ1) is 31.9. The van der Waals surface area contributed by atoms with Gasteiger partial charge in [-0.1, -0.05) is 69.3 Å². The molecule has 0 saturated carbocycles. The molecule has 0 unspecified atom stereocenters. The van der Waals surface area contributed by atoms with Gasteiger partial charge >= 0.3 is 12.1 Å². The summed E-state index contributed by atoms with van der Waals surface area (Å²) >= 11 is 0. The van der Waals surface area contributed by atoms with Crippen molar-refractivity contribution in [1.29, 1.82) is 0 Å². The Labute approximate surface area is 249 Å². The van der Waals surface area contributed by atoms with E-state index in [-0.39, 0.29) is 17.9 Å². The maximum atomic E-state index is 14.2. The SMILES string of the molecule is COc1ccc(C(F)(F)F)cc1CN[C@@H]1[C@@H](C(C)(C)C)[C@H](C(=O)O)N(C(=O)[C@H](C)Oc2ccccc2)[C@@H]1c1ccccc1. The molecule has 3 aromatic rings. The van der Waals surface area contributed by atoms with Gasteiger partial charge < -0.3 is 24.8 Å². The number of para-hydroxylation sites is 1. The summed E-state index contributed by atoms with van der Waals surface area (Å²) in [5.74, 6) is -1.61. The third kappa shape index (κ3) is 6.96. The number of amides is 1. The molecule has 0 aliphatic carbocycles. The van der Waals surface area contributed by atoms with Gasteiger partial charge in [0.05, 0.1) is 18.7 Å². The van der Waals surface area contributed by atoms with Crippen molar-refractivity contribution in [2.75, 3.05) is 7.11 Å². The van der Waals surface area contributed by atoms with Crippen LogP contribution in [0.25, 0.3) is 0 Å². The fourth-order valence-corrected chi connectivity index (χ4v) is 6.01. The predicted molar refractivity (Wildman–Crippen MR) is 156 cm³/mol. The number of carbonyl (C=O) groups excluding carboxylic acids is 1. The van der Waals surface area contributed by atoms with Crippen molar-refractivity contribution in [3.8, 4) is 11.5 Å². The maximum absolute atomic E-state index is 14.2. The summed E-state index contributed by atoms with van der Waals surface area (Å²) in [4.78, 5) is 28.5.